The first-order chi connectivity index (χ1) is 13.2. The van der Waals surface area contributed by atoms with Crippen molar-refractivity contribution >= 4 is 27.9 Å². The maximum atomic E-state index is 12.4. The Morgan fingerprint density at radius 1 is 1.07 bits per heavy atom. The van der Waals surface area contributed by atoms with E-state index in [1.54, 1.807) is 6.08 Å². The molecule has 1 fully saturated rings. The number of nitrogens with one attached hydrogen (secondary N) is 1. The summed E-state index contributed by atoms with van der Waals surface area (Å²) in [5.74, 6) is 1.74. The molecule has 2 heterocycles. The number of piperazine rings is 1. The van der Waals surface area contributed by atoms with Crippen LogP contribution < -0.4 is 14.4 Å². The Morgan fingerprint density at radius 2 is 1.81 bits per heavy atom. The van der Waals surface area contributed by atoms with Crippen molar-refractivity contribution in [3.63, 3.8) is 0 Å². The van der Waals surface area contributed by atoms with Crippen LogP contribution in [0, 0.1) is 0 Å². The number of hydrogen-bond acceptors (Lipinski definition) is 3. The molecule has 0 atom stereocenters. The number of benzene rings is 2. The minimum absolute atomic E-state index is 0.0834. The molecule has 0 aliphatic carbocycles. The van der Waals surface area contributed by atoms with E-state index in [9.17, 15) is 4.79 Å². The first-order valence-corrected chi connectivity index (χ1v) is 9.91. The number of halogens is 1. The van der Waals surface area contributed by atoms with Gasteiger partial charge < -0.3 is 19.3 Å². The van der Waals surface area contributed by atoms with E-state index in [4.69, 9.17) is 9.47 Å². The summed E-state index contributed by atoms with van der Waals surface area (Å²) >= 11 is 3.42. The second-order valence-corrected chi connectivity index (χ2v) is 7.74. The summed E-state index contributed by atoms with van der Waals surface area (Å²) in [4.78, 5) is 15.8. The predicted molar refractivity (Wildman–Crippen MR) is 107 cm³/mol. The minimum atomic E-state index is 0.0834. The molecule has 0 spiro atoms. The second kappa shape index (κ2) is 8.15. The number of rotatable bonds is 4. The number of fused-ring (bicyclic) bond motifs is 1. The fourth-order valence-electron chi connectivity index (χ4n) is 3.41. The van der Waals surface area contributed by atoms with Gasteiger partial charge in [0.05, 0.1) is 26.2 Å². The number of quaternary nitrogens is 1. The van der Waals surface area contributed by atoms with Gasteiger partial charge in [0.25, 0.3) is 0 Å². The maximum absolute atomic E-state index is 12.4. The van der Waals surface area contributed by atoms with Gasteiger partial charge in [-0.05, 0) is 42.0 Å². The summed E-state index contributed by atoms with van der Waals surface area (Å²) in [6.45, 7) is 4.71. The Balaban J connectivity index is 1.28. The maximum Gasteiger partial charge on any atom is 0.246 e. The van der Waals surface area contributed by atoms with Crippen molar-refractivity contribution in [2.24, 2.45) is 0 Å². The van der Waals surface area contributed by atoms with Crippen LogP contribution in [0.4, 0.5) is 0 Å². The SMILES string of the molecule is O=C(/C=C/c1ccc(Br)cc1)N1CC[NH+](Cc2ccc3c(c2)OCO3)CC1. The van der Waals surface area contributed by atoms with Gasteiger partial charge in [-0.3, -0.25) is 4.79 Å². The van der Waals surface area contributed by atoms with Crippen molar-refractivity contribution in [2.75, 3.05) is 33.0 Å². The number of amides is 1. The molecule has 0 aromatic heterocycles. The van der Waals surface area contributed by atoms with Crippen molar-refractivity contribution < 1.29 is 19.2 Å². The van der Waals surface area contributed by atoms with Crippen LogP contribution in [-0.2, 0) is 11.3 Å². The molecule has 1 saturated heterocycles. The standard InChI is InChI=1S/C21H21BrN2O3/c22-18-5-1-16(2-6-18)4-8-21(25)24-11-9-23(10-12-24)14-17-3-7-19-20(13-17)27-15-26-19/h1-8,13H,9-12,14-15H2/p+1/b8-4+. The van der Waals surface area contributed by atoms with Crippen molar-refractivity contribution in [2.45, 2.75) is 6.54 Å². The lowest BCUT2D eigenvalue weighted by Gasteiger charge is -2.31. The van der Waals surface area contributed by atoms with Crippen LogP contribution in [0.15, 0.2) is 53.0 Å². The molecule has 5 nitrogen and oxygen atoms in total. The minimum Gasteiger partial charge on any atom is -0.454 e. The average Bonchev–Trinajstić information content (AvgIpc) is 3.16. The van der Waals surface area contributed by atoms with E-state index < -0.39 is 0 Å². The van der Waals surface area contributed by atoms with Crippen molar-refractivity contribution in [3.05, 3.63) is 64.1 Å². The largest absolute Gasteiger partial charge is 0.454 e. The Hall–Kier alpha value is -2.31. The van der Waals surface area contributed by atoms with Gasteiger partial charge in [0.2, 0.25) is 12.7 Å². The number of carbonyl (C=O) groups is 1. The molecular formula is C21H22BrN2O3+. The van der Waals surface area contributed by atoms with Crippen LogP contribution in [0.25, 0.3) is 6.08 Å². The van der Waals surface area contributed by atoms with E-state index in [-0.39, 0.29) is 5.91 Å². The average molecular weight is 430 g/mol. The zero-order valence-electron chi connectivity index (χ0n) is 15.0. The van der Waals surface area contributed by atoms with E-state index in [1.807, 2.05) is 41.3 Å². The lowest BCUT2D eigenvalue weighted by molar-refractivity contribution is -0.917. The van der Waals surface area contributed by atoms with Gasteiger partial charge in [-0.15, -0.1) is 0 Å². The van der Waals surface area contributed by atoms with Crippen LogP contribution in [0.3, 0.4) is 0 Å². The molecule has 0 unspecified atom stereocenters. The Labute approximate surface area is 167 Å². The van der Waals surface area contributed by atoms with Crippen LogP contribution in [0.2, 0.25) is 0 Å². The van der Waals surface area contributed by atoms with E-state index in [1.165, 1.54) is 10.5 Å². The predicted octanol–water partition coefficient (Wildman–Crippen LogP) is 2.12. The highest BCUT2D eigenvalue weighted by atomic mass is 79.9. The molecule has 1 amide bonds. The molecular weight excluding hydrogens is 408 g/mol. The van der Waals surface area contributed by atoms with Gasteiger partial charge in [-0.1, -0.05) is 28.1 Å². The summed E-state index contributed by atoms with van der Waals surface area (Å²) in [6, 6.07) is 14.1. The van der Waals surface area contributed by atoms with E-state index in [0.29, 0.717) is 6.79 Å². The molecule has 2 aromatic rings. The Morgan fingerprint density at radius 3 is 2.59 bits per heavy atom. The summed E-state index contributed by atoms with van der Waals surface area (Å²) < 4.78 is 11.8. The third kappa shape index (κ3) is 4.51. The van der Waals surface area contributed by atoms with Crippen molar-refractivity contribution in [1.29, 1.82) is 0 Å². The first-order valence-electron chi connectivity index (χ1n) is 9.12. The zero-order chi connectivity index (χ0) is 18.6. The molecule has 0 radical (unpaired) electrons. The van der Waals surface area contributed by atoms with Crippen molar-refractivity contribution in [1.82, 2.24) is 4.90 Å². The van der Waals surface area contributed by atoms with Gasteiger partial charge >= 0.3 is 0 Å². The van der Waals surface area contributed by atoms with E-state index in [0.717, 1.165) is 54.3 Å². The summed E-state index contributed by atoms with van der Waals surface area (Å²) in [5.41, 5.74) is 2.27. The van der Waals surface area contributed by atoms with Crippen LogP contribution in [-0.4, -0.2) is 43.8 Å². The van der Waals surface area contributed by atoms with E-state index in [2.05, 4.69) is 28.1 Å². The molecule has 27 heavy (non-hydrogen) atoms. The third-order valence-electron chi connectivity index (χ3n) is 4.96. The molecule has 2 aliphatic rings. The normalized spacial score (nSPS) is 16.9. The second-order valence-electron chi connectivity index (χ2n) is 6.82. The van der Waals surface area contributed by atoms with Gasteiger partial charge in [-0.25, -0.2) is 0 Å². The molecule has 2 aromatic carbocycles. The van der Waals surface area contributed by atoms with Crippen LogP contribution in [0.5, 0.6) is 11.5 Å². The number of nitrogens with zero attached hydrogens (tertiary/aromatic N) is 1. The Kier molecular flexibility index (Phi) is 5.45. The van der Waals surface area contributed by atoms with Gasteiger partial charge in [-0.2, -0.15) is 0 Å². The van der Waals surface area contributed by atoms with Crippen LogP contribution >= 0.6 is 15.9 Å². The Bertz CT molecular complexity index is 843. The lowest BCUT2D eigenvalue weighted by Crippen LogP contribution is -3.13. The molecule has 1 N–H and O–H groups in total. The molecule has 0 bridgehead atoms. The quantitative estimate of drug-likeness (QED) is 0.756. The molecule has 0 saturated carbocycles. The fourth-order valence-corrected chi connectivity index (χ4v) is 3.67. The smallest absolute Gasteiger partial charge is 0.246 e. The first kappa shape index (κ1) is 18.1. The highest BCUT2D eigenvalue weighted by Gasteiger charge is 2.23. The van der Waals surface area contributed by atoms with Crippen molar-refractivity contribution in [3.8, 4) is 11.5 Å². The van der Waals surface area contributed by atoms with Crippen LogP contribution in [0.1, 0.15) is 11.1 Å². The summed E-state index contributed by atoms with van der Waals surface area (Å²) in [6.07, 6.45) is 3.55. The highest BCUT2D eigenvalue weighted by molar-refractivity contribution is 9.10. The van der Waals surface area contributed by atoms with Gasteiger partial charge in [0.15, 0.2) is 11.5 Å². The third-order valence-corrected chi connectivity index (χ3v) is 5.49. The topological polar surface area (TPSA) is 43.2 Å². The summed E-state index contributed by atoms with van der Waals surface area (Å²) in [5, 5.41) is 0. The number of carbonyl (C=O) groups excluding carboxylic acids is 1. The molecule has 4 rings (SSSR count). The van der Waals surface area contributed by atoms with E-state index >= 15 is 0 Å². The van der Waals surface area contributed by atoms with Gasteiger partial charge in [0.1, 0.15) is 6.54 Å². The number of ether oxygens (including phenoxy) is 2. The lowest BCUT2D eigenvalue weighted by atomic mass is 10.1. The molecule has 2 aliphatic heterocycles. The zero-order valence-corrected chi connectivity index (χ0v) is 16.6. The number of hydrogen-bond donors (Lipinski definition) is 1. The van der Waals surface area contributed by atoms with Gasteiger partial charge in [0, 0.05) is 16.1 Å². The fraction of sp³-hybridized carbons (Fsp3) is 0.286. The monoisotopic (exact) mass is 429 g/mol. The molecule has 140 valence electrons. The molecule has 6 heteroatoms. The summed E-state index contributed by atoms with van der Waals surface area (Å²) in [7, 11) is 0. The highest BCUT2D eigenvalue weighted by Crippen LogP contribution is 2.32.